The molecule has 0 fully saturated rings. The third-order valence-corrected chi connectivity index (χ3v) is 1.88. The van der Waals surface area contributed by atoms with Crippen LogP contribution in [0.25, 0.3) is 0 Å². The van der Waals surface area contributed by atoms with E-state index < -0.39 is 0 Å². The highest BCUT2D eigenvalue weighted by molar-refractivity contribution is 7.71. The predicted octanol–water partition coefficient (Wildman–Crippen LogP) is 1.06. The van der Waals surface area contributed by atoms with Gasteiger partial charge in [-0.15, -0.1) is 0 Å². The van der Waals surface area contributed by atoms with Gasteiger partial charge in [0.15, 0.2) is 4.77 Å². The summed E-state index contributed by atoms with van der Waals surface area (Å²) in [6.45, 7) is 5.58. The van der Waals surface area contributed by atoms with Crippen molar-refractivity contribution in [1.82, 2.24) is 14.8 Å². The number of H-pyrrole nitrogens is 1. The molecule has 0 amide bonds. The molecule has 4 nitrogen and oxygen atoms in total. The molecule has 5 heteroatoms. The standard InChI is InChI=1S/C7H14N4S/c1-5(2)4-11-6(3-8)9-10-7(11)12/h5H,3-4,8H2,1-2H3,(H,10,12). The zero-order valence-corrected chi connectivity index (χ0v) is 8.19. The summed E-state index contributed by atoms with van der Waals surface area (Å²) in [5.74, 6) is 1.38. The molecule has 68 valence electrons. The summed E-state index contributed by atoms with van der Waals surface area (Å²) in [7, 11) is 0. The largest absolute Gasteiger partial charge is 0.324 e. The molecule has 1 rings (SSSR count). The Bertz CT molecular complexity index is 299. The number of nitrogens with one attached hydrogen (secondary N) is 1. The molecular formula is C7H14N4S. The maximum absolute atomic E-state index is 5.49. The van der Waals surface area contributed by atoms with Gasteiger partial charge in [0.1, 0.15) is 5.82 Å². The Labute approximate surface area is 76.8 Å². The van der Waals surface area contributed by atoms with Gasteiger partial charge in [-0.2, -0.15) is 5.10 Å². The molecule has 0 atom stereocenters. The van der Waals surface area contributed by atoms with Crippen LogP contribution in [0.2, 0.25) is 0 Å². The number of rotatable bonds is 3. The van der Waals surface area contributed by atoms with E-state index in [2.05, 4.69) is 24.0 Å². The van der Waals surface area contributed by atoms with Gasteiger partial charge < -0.3 is 10.3 Å². The van der Waals surface area contributed by atoms with Crippen LogP contribution >= 0.6 is 12.2 Å². The SMILES string of the molecule is CC(C)Cn1c(CN)n[nH]c1=S. The van der Waals surface area contributed by atoms with Gasteiger partial charge in [-0.25, -0.2) is 0 Å². The van der Waals surface area contributed by atoms with Gasteiger partial charge in [0.05, 0.1) is 6.54 Å². The van der Waals surface area contributed by atoms with Crippen molar-refractivity contribution in [2.24, 2.45) is 11.7 Å². The van der Waals surface area contributed by atoms with Crippen molar-refractivity contribution in [2.45, 2.75) is 26.9 Å². The van der Waals surface area contributed by atoms with Gasteiger partial charge in [0, 0.05) is 6.54 Å². The summed E-state index contributed by atoms with van der Waals surface area (Å²) in [6.07, 6.45) is 0. The Morgan fingerprint density at radius 2 is 2.33 bits per heavy atom. The van der Waals surface area contributed by atoms with Crippen molar-refractivity contribution in [1.29, 1.82) is 0 Å². The van der Waals surface area contributed by atoms with Gasteiger partial charge in [0.25, 0.3) is 0 Å². The Balaban J connectivity index is 2.94. The average molecular weight is 186 g/mol. The second-order valence-electron chi connectivity index (χ2n) is 3.15. The Morgan fingerprint density at radius 3 is 2.83 bits per heavy atom. The maximum Gasteiger partial charge on any atom is 0.195 e. The van der Waals surface area contributed by atoms with Gasteiger partial charge in [-0.3, -0.25) is 5.10 Å². The topological polar surface area (TPSA) is 59.6 Å². The minimum atomic E-state index is 0.430. The fraction of sp³-hybridized carbons (Fsp3) is 0.714. The third-order valence-electron chi connectivity index (χ3n) is 1.57. The van der Waals surface area contributed by atoms with Crippen LogP contribution in [-0.4, -0.2) is 14.8 Å². The number of hydrogen-bond donors (Lipinski definition) is 2. The summed E-state index contributed by atoms with van der Waals surface area (Å²) < 4.78 is 2.60. The molecule has 1 aromatic heterocycles. The van der Waals surface area contributed by atoms with Crippen LogP contribution in [0.5, 0.6) is 0 Å². The fourth-order valence-electron chi connectivity index (χ4n) is 1.06. The highest BCUT2D eigenvalue weighted by Crippen LogP contribution is 2.02. The van der Waals surface area contributed by atoms with E-state index in [1.54, 1.807) is 0 Å². The first-order valence-electron chi connectivity index (χ1n) is 3.99. The summed E-state index contributed by atoms with van der Waals surface area (Å²) in [6, 6.07) is 0. The second-order valence-corrected chi connectivity index (χ2v) is 3.54. The molecule has 0 saturated carbocycles. The van der Waals surface area contributed by atoms with E-state index in [-0.39, 0.29) is 0 Å². The van der Waals surface area contributed by atoms with Gasteiger partial charge in [-0.1, -0.05) is 13.8 Å². The van der Waals surface area contributed by atoms with E-state index in [0.29, 0.717) is 17.2 Å². The zero-order valence-electron chi connectivity index (χ0n) is 7.37. The van der Waals surface area contributed by atoms with Gasteiger partial charge >= 0.3 is 0 Å². The molecular weight excluding hydrogens is 172 g/mol. The maximum atomic E-state index is 5.49. The molecule has 1 heterocycles. The quantitative estimate of drug-likeness (QED) is 0.694. The number of aromatic amines is 1. The number of aromatic nitrogens is 3. The van der Waals surface area contributed by atoms with Crippen molar-refractivity contribution in [3.05, 3.63) is 10.6 Å². The Kier molecular flexibility index (Phi) is 2.99. The molecule has 0 aliphatic carbocycles. The lowest BCUT2D eigenvalue weighted by Crippen LogP contribution is -2.11. The van der Waals surface area contributed by atoms with E-state index in [9.17, 15) is 0 Å². The van der Waals surface area contributed by atoms with Crippen LogP contribution in [0.15, 0.2) is 0 Å². The lowest BCUT2D eigenvalue weighted by molar-refractivity contribution is 0.503. The van der Waals surface area contributed by atoms with E-state index in [1.165, 1.54) is 0 Å². The van der Waals surface area contributed by atoms with E-state index >= 15 is 0 Å². The minimum absolute atomic E-state index is 0.430. The highest BCUT2D eigenvalue weighted by Gasteiger charge is 2.04. The van der Waals surface area contributed by atoms with E-state index in [4.69, 9.17) is 18.0 Å². The van der Waals surface area contributed by atoms with Crippen molar-refractivity contribution in [2.75, 3.05) is 0 Å². The number of hydrogen-bond acceptors (Lipinski definition) is 3. The lowest BCUT2D eigenvalue weighted by atomic mass is 10.2. The summed E-state index contributed by atoms with van der Waals surface area (Å²) in [4.78, 5) is 0. The highest BCUT2D eigenvalue weighted by atomic mass is 32.1. The number of nitrogens with two attached hydrogens (primary N) is 1. The minimum Gasteiger partial charge on any atom is -0.324 e. The summed E-state index contributed by atoms with van der Waals surface area (Å²) in [5.41, 5.74) is 5.49. The third kappa shape index (κ3) is 1.92. The molecule has 0 spiro atoms. The normalized spacial score (nSPS) is 11.0. The van der Waals surface area contributed by atoms with Crippen molar-refractivity contribution in [3.63, 3.8) is 0 Å². The Morgan fingerprint density at radius 1 is 1.67 bits per heavy atom. The molecule has 0 radical (unpaired) electrons. The van der Waals surface area contributed by atoms with Crippen LogP contribution in [0, 0.1) is 10.7 Å². The van der Waals surface area contributed by atoms with Crippen LogP contribution in [0.4, 0.5) is 0 Å². The summed E-state index contributed by atoms with van der Waals surface area (Å²) in [5, 5.41) is 6.74. The average Bonchev–Trinajstić information content (AvgIpc) is 2.32. The first-order chi connectivity index (χ1) is 5.65. The smallest absolute Gasteiger partial charge is 0.195 e. The van der Waals surface area contributed by atoms with Crippen LogP contribution in [0.3, 0.4) is 0 Å². The Hall–Kier alpha value is -0.680. The molecule has 1 aromatic rings. The van der Waals surface area contributed by atoms with Crippen molar-refractivity contribution in [3.8, 4) is 0 Å². The predicted molar refractivity (Wildman–Crippen MR) is 50.1 cm³/mol. The van der Waals surface area contributed by atoms with Gasteiger partial charge in [-0.05, 0) is 18.1 Å². The fourth-order valence-corrected chi connectivity index (χ4v) is 1.29. The zero-order chi connectivity index (χ0) is 9.14. The molecule has 0 aromatic carbocycles. The number of nitrogens with zero attached hydrogens (tertiary/aromatic N) is 2. The van der Waals surface area contributed by atoms with E-state index in [0.717, 1.165) is 12.4 Å². The molecule has 3 N–H and O–H groups in total. The molecule has 0 unspecified atom stereocenters. The molecule has 0 aliphatic heterocycles. The molecule has 0 aliphatic rings. The summed E-state index contributed by atoms with van der Waals surface area (Å²) >= 11 is 5.05. The molecule has 0 bridgehead atoms. The first kappa shape index (κ1) is 9.41. The van der Waals surface area contributed by atoms with Crippen molar-refractivity contribution < 1.29 is 0 Å². The first-order valence-corrected chi connectivity index (χ1v) is 4.40. The van der Waals surface area contributed by atoms with Crippen molar-refractivity contribution >= 4 is 12.2 Å². The van der Waals surface area contributed by atoms with Crippen LogP contribution < -0.4 is 5.73 Å². The van der Waals surface area contributed by atoms with Crippen LogP contribution in [0.1, 0.15) is 19.7 Å². The lowest BCUT2D eigenvalue weighted by Gasteiger charge is -2.07. The van der Waals surface area contributed by atoms with Crippen LogP contribution in [-0.2, 0) is 13.1 Å². The van der Waals surface area contributed by atoms with Gasteiger partial charge in [0.2, 0.25) is 0 Å². The monoisotopic (exact) mass is 186 g/mol. The van der Waals surface area contributed by atoms with E-state index in [1.807, 2.05) is 4.57 Å². The molecule has 0 saturated heterocycles. The second kappa shape index (κ2) is 3.82. The molecule has 12 heavy (non-hydrogen) atoms.